The average Bonchev–Trinajstić information content (AvgIpc) is 2.64. The predicted molar refractivity (Wildman–Crippen MR) is 102 cm³/mol. The molecule has 1 heterocycles. The molecule has 4 N–H and O–H groups in total. The number of carbonyl (C=O) groups is 2. The first-order valence-corrected chi connectivity index (χ1v) is 8.25. The fourth-order valence-electron chi connectivity index (χ4n) is 2.66. The van der Waals surface area contributed by atoms with Crippen LogP contribution in [0.2, 0.25) is 0 Å². The number of anilines is 1. The summed E-state index contributed by atoms with van der Waals surface area (Å²) in [6.45, 7) is 3.19. The van der Waals surface area contributed by atoms with E-state index in [1.165, 1.54) is 6.92 Å². The van der Waals surface area contributed by atoms with Crippen molar-refractivity contribution in [2.24, 2.45) is 0 Å². The van der Waals surface area contributed by atoms with Crippen LogP contribution in [0.5, 0.6) is 0 Å². The van der Waals surface area contributed by atoms with Gasteiger partial charge in [0, 0.05) is 16.6 Å². The molecule has 0 aliphatic rings. The number of nitrogens with zero attached hydrogens (tertiary/aromatic N) is 1. The van der Waals surface area contributed by atoms with Crippen LogP contribution in [0.1, 0.15) is 12.5 Å². The molecule has 8 nitrogen and oxygen atoms in total. The summed E-state index contributed by atoms with van der Waals surface area (Å²) in [6.07, 6.45) is 0. The second-order valence-corrected chi connectivity index (χ2v) is 6.14. The number of aromatic amines is 1. The van der Waals surface area contributed by atoms with Crippen LogP contribution < -0.4 is 16.2 Å². The summed E-state index contributed by atoms with van der Waals surface area (Å²) in [7, 11) is 0. The summed E-state index contributed by atoms with van der Waals surface area (Å²) < 4.78 is 0. The summed E-state index contributed by atoms with van der Waals surface area (Å²) in [5.74, 6) is -1.13. The van der Waals surface area contributed by atoms with Crippen molar-refractivity contribution in [2.45, 2.75) is 19.9 Å². The molecule has 2 aromatic carbocycles. The van der Waals surface area contributed by atoms with Gasteiger partial charge in [-0.1, -0.05) is 30.3 Å². The molecule has 0 bridgehead atoms. The Bertz CT molecular complexity index is 1090. The molecular weight excluding hydrogens is 348 g/mol. The summed E-state index contributed by atoms with van der Waals surface area (Å²) >= 11 is 0. The number of amides is 2. The van der Waals surface area contributed by atoms with E-state index in [1.807, 2.05) is 25.1 Å². The molecule has 1 aromatic heterocycles. The van der Waals surface area contributed by atoms with Gasteiger partial charge in [0.1, 0.15) is 6.04 Å². The van der Waals surface area contributed by atoms with Crippen molar-refractivity contribution in [3.05, 3.63) is 58.4 Å². The number of fused-ring (bicyclic) bond motifs is 1. The van der Waals surface area contributed by atoms with Gasteiger partial charge in [-0.2, -0.15) is 5.10 Å². The van der Waals surface area contributed by atoms with Gasteiger partial charge in [0.2, 0.25) is 0 Å². The summed E-state index contributed by atoms with van der Waals surface area (Å²) in [5.41, 5.74) is 2.31. The quantitative estimate of drug-likeness (QED) is 0.565. The highest BCUT2D eigenvalue weighted by Gasteiger charge is 2.15. The van der Waals surface area contributed by atoms with Crippen molar-refractivity contribution in [3.63, 3.8) is 0 Å². The first kappa shape index (κ1) is 18.1. The zero-order valence-corrected chi connectivity index (χ0v) is 14.7. The van der Waals surface area contributed by atoms with E-state index in [4.69, 9.17) is 5.11 Å². The van der Waals surface area contributed by atoms with Gasteiger partial charge >= 0.3 is 12.0 Å². The Morgan fingerprint density at radius 1 is 1.15 bits per heavy atom. The minimum Gasteiger partial charge on any atom is -0.480 e. The number of aryl methyl sites for hydroxylation is 1. The van der Waals surface area contributed by atoms with Gasteiger partial charge in [-0.05, 0) is 31.5 Å². The van der Waals surface area contributed by atoms with E-state index < -0.39 is 18.0 Å². The van der Waals surface area contributed by atoms with Gasteiger partial charge in [0.15, 0.2) is 0 Å². The molecule has 0 radical (unpaired) electrons. The molecule has 1 atom stereocenters. The van der Waals surface area contributed by atoms with Crippen LogP contribution in [0.3, 0.4) is 0 Å². The molecule has 0 aliphatic carbocycles. The number of hydrogen-bond acceptors (Lipinski definition) is 4. The Kier molecular flexibility index (Phi) is 4.89. The molecule has 2 amide bonds. The molecule has 3 rings (SSSR count). The third-order valence-electron chi connectivity index (χ3n) is 4.17. The zero-order valence-electron chi connectivity index (χ0n) is 14.7. The minimum absolute atomic E-state index is 0.276. The molecule has 0 spiro atoms. The standard InChI is InChI=1S/C19H18N4O4/c1-10-7-8-12(9-15(10)21-19(27)20-11(2)18(25)26)16-13-5-3-4-6-14(13)17(24)23-22-16/h3-9,11H,1-2H3,(H,23,24)(H,25,26)(H2,20,21,27). The normalized spacial score (nSPS) is 11.8. The van der Waals surface area contributed by atoms with Gasteiger partial charge in [0.25, 0.3) is 5.56 Å². The van der Waals surface area contributed by atoms with Crippen LogP contribution in [0.15, 0.2) is 47.3 Å². The van der Waals surface area contributed by atoms with E-state index in [-0.39, 0.29) is 5.56 Å². The van der Waals surface area contributed by atoms with Crippen molar-refractivity contribution >= 4 is 28.5 Å². The molecule has 0 fully saturated rings. The fraction of sp³-hybridized carbons (Fsp3) is 0.158. The third-order valence-corrected chi connectivity index (χ3v) is 4.17. The zero-order chi connectivity index (χ0) is 19.6. The maximum atomic E-state index is 12.0. The molecule has 3 aromatic rings. The smallest absolute Gasteiger partial charge is 0.325 e. The first-order chi connectivity index (χ1) is 12.9. The van der Waals surface area contributed by atoms with Crippen molar-refractivity contribution in [1.82, 2.24) is 15.5 Å². The molecule has 0 saturated heterocycles. The number of hydrogen-bond donors (Lipinski definition) is 4. The second kappa shape index (κ2) is 7.28. The van der Waals surface area contributed by atoms with Gasteiger partial charge < -0.3 is 15.7 Å². The van der Waals surface area contributed by atoms with E-state index >= 15 is 0 Å². The second-order valence-electron chi connectivity index (χ2n) is 6.14. The van der Waals surface area contributed by atoms with E-state index in [9.17, 15) is 14.4 Å². The number of benzene rings is 2. The highest BCUT2D eigenvalue weighted by molar-refractivity contribution is 5.96. The van der Waals surface area contributed by atoms with E-state index in [0.717, 1.165) is 5.56 Å². The van der Waals surface area contributed by atoms with Crippen molar-refractivity contribution in [3.8, 4) is 11.3 Å². The molecule has 0 aliphatic heterocycles. The van der Waals surface area contributed by atoms with Crippen LogP contribution in [0.4, 0.5) is 10.5 Å². The predicted octanol–water partition coefficient (Wildman–Crippen LogP) is 2.49. The highest BCUT2D eigenvalue weighted by Crippen LogP contribution is 2.28. The maximum Gasteiger partial charge on any atom is 0.325 e. The molecular formula is C19H18N4O4. The molecule has 138 valence electrons. The lowest BCUT2D eigenvalue weighted by molar-refractivity contribution is -0.138. The lowest BCUT2D eigenvalue weighted by atomic mass is 10.0. The number of aromatic nitrogens is 2. The Morgan fingerprint density at radius 3 is 2.56 bits per heavy atom. The number of H-pyrrole nitrogens is 1. The maximum absolute atomic E-state index is 12.0. The van der Waals surface area contributed by atoms with E-state index in [2.05, 4.69) is 20.8 Å². The van der Waals surface area contributed by atoms with Gasteiger partial charge in [0.05, 0.1) is 11.1 Å². The molecule has 1 unspecified atom stereocenters. The largest absolute Gasteiger partial charge is 0.480 e. The number of rotatable bonds is 4. The van der Waals surface area contributed by atoms with Crippen LogP contribution in [0, 0.1) is 6.92 Å². The summed E-state index contributed by atoms with van der Waals surface area (Å²) in [6, 6.07) is 10.9. The number of aliphatic carboxylic acids is 1. The van der Waals surface area contributed by atoms with Crippen LogP contribution in [-0.2, 0) is 4.79 Å². The Hall–Kier alpha value is -3.68. The van der Waals surface area contributed by atoms with Crippen LogP contribution >= 0.6 is 0 Å². The fourth-order valence-corrected chi connectivity index (χ4v) is 2.66. The average molecular weight is 366 g/mol. The van der Waals surface area contributed by atoms with Gasteiger partial charge in [-0.3, -0.25) is 9.59 Å². The Morgan fingerprint density at radius 2 is 1.85 bits per heavy atom. The highest BCUT2D eigenvalue weighted by atomic mass is 16.4. The van der Waals surface area contributed by atoms with Crippen molar-refractivity contribution < 1.29 is 14.7 Å². The number of carboxylic acid groups (broad SMARTS) is 1. The third kappa shape index (κ3) is 3.79. The van der Waals surface area contributed by atoms with Crippen LogP contribution in [-0.4, -0.2) is 33.3 Å². The number of nitrogens with one attached hydrogen (secondary N) is 3. The van der Waals surface area contributed by atoms with E-state index in [0.29, 0.717) is 27.7 Å². The molecule has 8 heteroatoms. The number of carbonyl (C=O) groups excluding carboxylic acids is 1. The lowest BCUT2D eigenvalue weighted by Gasteiger charge is -2.14. The Balaban J connectivity index is 1.97. The van der Waals surface area contributed by atoms with Gasteiger partial charge in [-0.25, -0.2) is 9.89 Å². The monoisotopic (exact) mass is 366 g/mol. The number of urea groups is 1. The number of carboxylic acids is 1. The summed E-state index contributed by atoms with van der Waals surface area (Å²) in [4.78, 5) is 34.9. The van der Waals surface area contributed by atoms with E-state index in [1.54, 1.807) is 24.3 Å². The van der Waals surface area contributed by atoms with Crippen LogP contribution in [0.25, 0.3) is 22.0 Å². The van der Waals surface area contributed by atoms with Crippen molar-refractivity contribution in [2.75, 3.05) is 5.32 Å². The topological polar surface area (TPSA) is 124 Å². The molecule has 0 saturated carbocycles. The SMILES string of the molecule is Cc1ccc(-c2n[nH]c(=O)c3ccccc23)cc1NC(=O)NC(C)C(=O)O. The Labute approximate surface area is 154 Å². The summed E-state index contributed by atoms with van der Waals surface area (Å²) in [5, 5.41) is 21.7. The van der Waals surface area contributed by atoms with Crippen molar-refractivity contribution in [1.29, 1.82) is 0 Å². The van der Waals surface area contributed by atoms with Gasteiger partial charge in [-0.15, -0.1) is 0 Å². The lowest BCUT2D eigenvalue weighted by Crippen LogP contribution is -2.40. The minimum atomic E-state index is -1.13. The molecule has 27 heavy (non-hydrogen) atoms. The first-order valence-electron chi connectivity index (χ1n) is 8.25.